The van der Waals surface area contributed by atoms with Crippen LogP contribution in [0.1, 0.15) is 71.4 Å². The number of benzene rings is 1. The lowest BCUT2D eigenvalue weighted by atomic mass is 9.88. The molecule has 2 rings (SSSR count). The largest absolute Gasteiger partial charge is 0.466 e. The molecule has 0 heterocycles. The van der Waals surface area contributed by atoms with Gasteiger partial charge in [0.2, 0.25) is 17.7 Å². The summed E-state index contributed by atoms with van der Waals surface area (Å²) in [5.41, 5.74) is 5.12. The van der Waals surface area contributed by atoms with Crippen LogP contribution in [0.25, 0.3) is 0 Å². The van der Waals surface area contributed by atoms with E-state index in [0.717, 1.165) is 6.42 Å². The third-order valence-electron chi connectivity index (χ3n) is 5.69. The molecule has 0 radical (unpaired) electrons. The van der Waals surface area contributed by atoms with Crippen LogP contribution in [0.4, 0.5) is 4.79 Å². The highest BCUT2D eigenvalue weighted by Crippen LogP contribution is 2.34. The molecule has 0 bridgehead atoms. The summed E-state index contributed by atoms with van der Waals surface area (Å²) in [5.74, 6) is -2.36. The maximum atomic E-state index is 13.9. The van der Waals surface area contributed by atoms with Crippen molar-refractivity contribution in [2.75, 3.05) is 13.2 Å². The number of hydrogen-bond donors (Lipinski definition) is 3. The summed E-state index contributed by atoms with van der Waals surface area (Å²) in [7, 11) is 0. The zero-order valence-electron chi connectivity index (χ0n) is 22.0. The van der Waals surface area contributed by atoms with Gasteiger partial charge in [-0.15, -0.1) is 0 Å². The molecule has 2 unspecified atom stereocenters. The topological polar surface area (TPSA) is 157 Å². The monoisotopic (exact) mass is 518 g/mol. The summed E-state index contributed by atoms with van der Waals surface area (Å²) in [6.45, 7) is 6.96. The molecule has 1 saturated carbocycles. The van der Waals surface area contributed by atoms with Crippen molar-refractivity contribution >= 4 is 29.8 Å². The smallest absolute Gasteiger partial charge is 0.408 e. The van der Waals surface area contributed by atoms with Gasteiger partial charge in [0.15, 0.2) is 0 Å². The first-order chi connectivity index (χ1) is 17.4. The van der Waals surface area contributed by atoms with Crippen molar-refractivity contribution in [2.45, 2.75) is 83.5 Å². The van der Waals surface area contributed by atoms with Crippen molar-refractivity contribution in [1.29, 1.82) is 0 Å². The van der Waals surface area contributed by atoms with Crippen molar-refractivity contribution < 1.29 is 33.4 Å². The number of esters is 1. The van der Waals surface area contributed by atoms with E-state index in [9.17, 15) is 24.0 Å². The lowest BCUT2D eigenvalue weighted by Crippen LogP contribution is -2.58. The molecule has 37 heavy (non-hydrogen) atoms. The second-order valence-corrected chi connectivity index (χ2v) is 9.86. The van der Waals surface area contributed by atoms with Crippen molar-refractivity contribution in [2.24, 2.45) is 5.73 Å². The van der Waals surface area contributed by atoms with Gasteiger partial charge in [0, 0.05) is 12.6 Å². The number of primary amides is 1. The summed E-state index contributed by atoms with van der Waals surface area (Å²) in [6, 6.07) is 6.05. The summed E-state index contributed by atoms with van der Waals surface area (Å²) in [6.07, 6.45) is 0.800. The molecule has 0 aromatic heterocycles. The Hall–Kier alpha value is -3.63. The third-order valence-corrected chi connectivity index (χ3v) is 5.69. The summed E-state index contributed by atoms with van der Waals surface area (Å²) in [4.78, 5) is 64.8. The highest BCUT2D eigenvalue weighted by molar-refractivity contribution is 5.94. The molecule has 4 N–H and O–H groups in total. The molecule has 1 aromatic rings. The number of rotatable bonds is 12. The van der Waals surface area contributed by atoms with Crippen LogP contribution < -0.4 is 16.4 Å². The van der Waals surface area contributed by atoms with Gasteiger partial charge in [0.1, 0.15) is 17.7 Å². The minimum atomic E-state index is -1.33. The highest BCUT2D eigenvalue weighted by atomic mass is 16.6. The van der Waals surface area contributed by atoms with Gasteiger partial charge in [-0.25, -0.2) is 4.79 Å². The average Bonchev–Trinajstić information content (AvgIpc) is 2.76. The van der Waals surface area contributed by atoms with Crippen LogP contribution in [-0.2, 0) is 28.7 Å². The molecule has 0 aliphatic heterocycles. The molecule has 11 nitrogen and oxygen atoms in total. The van der Waals surface area contributed by atoms with Gasteiger partial charge in [0.05, 0.1) is 19.4 Å². The molecule has 4 amide bonds. The van der Waals surface area contributed by atoms with E-state index in [1.807, 2.05) is 0 Å². The molecule has 1 fully saturated rings. The average molecular weight is 519 g/mol. The summed E-state index contributed by atoms with van der Waals surface area (Å²) < 4.78 is 10.2. The molecular formula is C26H38N4O7. The van der Waals surface area contributed by atoms with Crippen LogP contribution in [0.15, 0.2) is 30.3 Å². The standard InChI is InChI=1S/C26H38N4O7/c1-5-36-21(32)14-15-28-23(33)22(17-10-7-6-8-11-17)30(18-12-9-13-18)24(34)19(16-20(27)31)29-25(35)37-26(2,3)4/h6-8,10-11,18-19,22H,5,9,12-16H2,1-4H3,(H2,27,31)(H,28,33)(H,29,35). The summed E-state index contributed by atoms with van der Waals surface area (Å²) >= 11 is 0. The Morgan fingerprint density at radius 3 is 2.27 bits per heavy atom. The first kappa shape index (κ1) is 29.6. The van der Waals surface area contributed by atoms with Crippen LogP contribution in [0, 0.1) is 0 Å². The number of nitrogens with zero attached hydrogens (tertiary/aromatic N) is 1. The maximum absolute atomic E-state index is 13.9. The Bertz CT molecular complexity index is 957. The van der Waals surface area contributed by atoms with E-state index in [4.69, 9.17) is 15.2 Å². The lowest BCUT2D eigenvalue weighted by molar-refractivity contribution is -0.148. The minimum Gasteiger partial charge on any atom is -0.466 e. The van der Waals surface area contributed by atoms with Gasteiger partial charge in [-0.05, 0) is 52.5 Å². The minimum absolute atomic E-state index is 0.0224. The fraction of sp³-hybridized carbons (Fsp3) is 0.577. The molecule has 204 valence electrons. The van der Waals surface area contributed by atoms with Crippen LogP contribution in [-0.4, -0.2) is 65.5 Å². The Morgan fingerprint density at radius 1 is 1.11 bits per heavy atom. The molecule has 0 saturated heterocycles. The Morgan fingerprint density at radius 2 is 1.76 bits per heavy atom. The molecule has 1 aromatic carbocycles. The number of nitrogens with one attached hydrogen (secondary N) is 2. The number of nitrogens with two attached hydrogens (primary N) is 1. The van der Waals surface area contributed by atoms with E-state index >= 15 is 0 Å². The van der Waals surface area contributed by atoms with E-state index < -0.39 is 53.9 Å². The van der Waals surface area contributed by atoms with Crippen LogP contribution in [0.5, 0.6) is 0 Å². The third kappa shape index (κ3) is 9.40. The second kappa shape index (κ2) is 13.6. The zero-order chi connectivity index (χ0) is 27.6. The maximum Gasteiger partial charge on any atom is 0.408 e. The predicted octanol–water partition coefficient (Wildman–Crippen LogP) is 1.95. The molecular weight excluding hydrogens is 480 g/mol. The number of hydrogen-bond acceptors (Lipinski definition) is 7. The van der Waals surface area contributed by atoms with E-state index in [1.54, 1.807) is 58.0 Å². The second-order valence-electron chi connectivity index (χ2n) is 9.86. The van der Waals surface area contributed by atoms with Crippen LogP contribution >= 0.6 is 0 Å². The van der Waals surface area contributed by atoms with Crippen LogP contribution in [0.2, 0.25) is 0 Å². The zero-order valence-corrected chi connectivity index (χ0v) is 22.0. The molecule has 1 aliphatic carbocycles. The SMILES string of the molecule is CCOC(=O)CCNC(=O)C(c1ccccc1)N(C(=O)C(CC(N)=O)NC(=O)OC(C)(C)C)C1CCC1. The van der Waals surface area contributed by atoms with E-state index in [-0.39, 0.29) is 25.6 Å². The molecule has 2 atom stereocenters. The van der Waals surface area contributed by atoms with Gasteiger partial charge in [-0.2, -0.15) is 0 Å². The summed E-state index contributed by atoms with van der Waals surface area (Å²) in [5, 5.41) is 5.18. The molecule has 1 aliphatic rings. The van der Waals surface area contributed by atoms with Crippen LogP contribution in [0.3, 0.4) is 0 Å². The van der Waals surface area contributed by atoms with Crippen molar-refractivity contribution in [1.82, 2.24) is 15.5 Å². The Labute approximate surface area is 217 Å². The number of ether oxygens (including phenoxy) is 2. The number of amides is 4. The van der Waals surface area contributed by atoms with Gasteiger partial charge < -0.3 is 30.7 Å². The first-order valence-corrected chi connectivity index (χ1v) is 12.5. The Balaban J connectivity index is 2.37. The normalized spacial score (nSPS) is 14.9. The quantitative estimate of drug-likeness (QED) is 0.357. The highest BCUT2D eigenvalue weighted by Gasteiger charge is 2.42. The fourth-order valence-electron chi connectivity index (χ4n) is 3.91. The van der Waals surface area contributed by atoms with Crippen molar-refractivity contribution in [3.63, 3.8) is 0 Å². The fourth-order valence-corrected chi connectivity index (χ4v) is 3.91. The molecule has 11 heteroatoms. The van der Waals surface area contributed by atoms with E-state index in [0.29, 0.717) is 18.4 Å². The lowest BCUT2D eigenvalue weighted by Gasteiger charge is -2.43. The van der Waals surface area contributed by atoms with Gasteiger partial charge in [-0.1, -0.05) is 30.3 Å². The van der Waals surface area contributed by atoms with Gasteiger partial charge >= 0.3 is 12.1 Å². The Kier molecular flexibility index (Phi) is 10.9. The number of carbonyl (C=O) groups is 5. The van der Waals surface area contributed by atoms with Crippen molar-refractivity contribution in [3.05, 3.63) is 35.9 Å². The van der Waals surface area contributed by atoms with E-state index in [1.165, 1.54) is 4.90 Å². The predicted molar refractivity (Wildman–Crippen MR) is 135 cm³/mol. The van der Waals surface area contributed by atoms with Gasteiger partial charge in [0.25, 0.3) is 0 Å². The number of carbonyl (C=O) groups excluding carboxylic acids is 5. The molecule has 0 spiro atoms. The van der Waals surface area contributed by atoms with E-state index in [2.05, 4.69) is 10.6 Å². The van der Waals surface area contributed by atoms with Crippen molar-refractivity contribution in [3.8, 4) is 0 Å². The number of alkyl carbamates (subject to hydrolysis) is 1. The first-order valence-electron chi connectivity index (χ1n) is 12.5. The van der Waals surface area contributed by atoms with Gasteiger partial charge in [-0.3, -0.25) is 19.2 Å².